The first-order chi connectivity index (χ1) is 10.3. The van der Waals surface area contributed by atoms with Gasteiger partial charge in [0.15, 0.2) is 0 Å². The van der Waals surface area contributed by atoms with Gasteiger partial charge >= 0.3 is 0 Å². The topological polar surface area (TPSA) is 0 Å². The highest BCUT2D eigenvalue weighted by molar-refractivity contribution is 5.84. The van der Waals surface area contributed by atoms with Gasteiger partial charge in [-0.1, -0.05) is 66.8 Å². The Morgan fingerprint density at radius 2 is 1.81 bits per heavy atom. The molecule has 1 aromatic rings. The Morgan fingerprint density at radius 3 is 2.67 bits per heavy atom. The number of benzene rings is 1. The van der Waals surface area contributed by atoms with E-state index in [4.69, 9.17) is 0 Å². The van der Waals surface area contributed by atoms with E-state index < -0.39 is 0 Å². The minimum Gasteiger partial charge on any atom is -0.0807 e. The van der Waals surface area contributed by atoms with Crippen LogP contribution in [0.2, 0.25) is 0 Å². The molecule has 0 spiro atoms. The van der Waals surface area contributed by atoms with Crippen molar-refractivity contribution in [2.75, 3.05) is 0 Å². The normalized spacial score (nSPS) is 26.0. The van der Waals surface area contributed by atoms with Gasteiger partial charge in [0.2, 0.25) is 0 Å². The van der Waals surface area contributed by atoms with E-state index in [0.717, 1.165) is 18.3 Å². The molecule has 0 nitrogen and oxygen atoms in total. The summed E-state index contributed by atoms with van der Waals surface area (Å²) in [6.07, 6.45) is 20.6. The fraction of sp³-hybridized carbons (Fsp3) is 0.238. The molecule has 0 amide bonds. The predicted molar refractivity (Wildman–Crippen MR) is 90.8 cm³/mol. The summed E-state index contributed by atoms with van der Waals surface area (Å²) in [5.74, 6) is 1.63. The van der Waals surface area contributed by atoms with Crippen LogP contribution in [-0.2, 0) is 0 Å². The second kappa shape index (κ2) is 5.04. The van der Waals surface area contributed by atoms with Crippen molar-refractivity contribution in [1.29, 1.82) is 0 Å². The van der Waals surface area contributed by atoms with Crippen molar-refractivity contribution >= 4 is 11.1 Å². The molecule has 1 saturated carbocycles. The zero-order chi connectivity index (χ0) is 14.2. The molecule has 104 valence electrons. The molecule has 3 aliphatic carbocycles. The van der Waals surface area contributed by atoms with Crippen molar-refractivity contribution in [3.05, 3.63) is 83.5 Å². The molecule has 1 fully saturated rings. The quantitative estimate of drug-likeness (QED) is 0.668. The molecule has 1 aromatic carbocycles. The zero-order valence-corrected chi connectivity index (χ0v) is 12.4. The number of fused-ring (bicyclic) bond motifs is 1. The lowest BCUT2D eigenvalue weighted by atomic mass is 9.90. The molecule has 3 aliphatic rings. The maximum Gasteiger partial charge on any atom is -0.0149 e. The van der Waals surface area contributed by atoms with Crippen molar-refractivity contribution < 1.29 is 0 Å². The molecule has 0 radical (unpaired) electrons. The van der Waals surface area contributed by atoms with E-state index in [-0.39, 0.29) is 0 Å². The summed E-state index contributed by atoms with van der Waals surface area (Å²) < 4.78 is 0. The van der Waals surface area contributed by atoms with Crippen molar-refractivity contribution in [3.8, 4) is 0 Å². The van der Waals surface area contributed by atoms with Gasteiger partial charge < -0.3 is 0 Å². The average Bonchev–Trinajstić information content (AvgIpc) is 3.30. The zero-order valence-electron chi connectivity index (χ0n) is 12.4. The van der Waals surface area contributed by atoms with Crippen molar-refractivity contribution in [2.45, 2.75) is 19.8 Å². The van der Waals surface area contributed by atoms with Gasteiger partial charge in [-0.05, 0) is 59.4 Å². The first kappa shape index (κ1) is 12.6. The summed E-state index contributed by atoms with van der Waals surface area (Å²) in [5, 5.41) is 0. The SMILES string of the molecule is Cc1c(C2=CC=CCC=C2)cccc1C1=CC2CC2C=C1. The molecule has 0 aliphatic heterocycles. The Bertz CT molecular complexity index is 722. The minimum absolute atomic E-state index is 0.799. The molecule has 2 unspecified atom stereocenters. The third kappa shape index (κ3) is 2.35. The fourth-order valence-corrected chi connectivity index (χ4v) is 3.36. The smallest absolute Gasteiger partial charge is 0.0149 e. The number of hydrogen-bond acceptors (Lipinski definition) is 0. The third-order valence-electron chi connectivity index (χ3n) is 4.75. The van der Waals surface area contributed by atoms with E-state index in [1.165, 1.54) is 34.3 Å². The minimum atomic E-state index is 0.799. The summed E-state index contributed by atoms with van der Waals surface area (Å²) >= 11 is 0. The van der Waals surface area contributed by atoms with E-state index in [0.29, 0.717) is 0 Å². The second-order valence-electron chi connectivity index (χ2n) is 6.21. The summed E-state index contributed by atoms with van der Waals surface area (Å²) in [7, 11) is 0. The largest absolute Gasteiger partial charge is 0.0807 e. The standard InChI is InChI=1S/C21H20/c1-15-20(16-7-4-2-3-5-8-16)9-6-10-21(15)18-12-11-17-13-19(17)14-18/h2,4-12,14,17,19H,3,13H2,1H3. The van der Waals surface area contributed by atoms with Crippen LogP contribution < -0.4 is 0 Å². The number of allylic oxidation sites excluding steroid dienone is 10. The summed E-state index contributed by atoms with van der Waals surface area (Å²) in [6.45, 7) is 2.25. The van der Waals surface area contributed by atoms with Gasteiger partial charge in [-0.2, -0.15) is 0 Å². The molecule has 0 saturated heterocycles. The van der Waals surface area contributed by atoms with Gasteiger partial charge in [0, 0.05) is 0 Å². The molecule has 21 heavy (non-hydrogen) atoms. The maximum atomic E-state index is 2.47. The molecule has 0 aromatic heterocycles. The van der Waals surface area contributed by atoms with Gasteiger partial charge in [-0.15, -0.1) is 0 Å². The molecule has 0 heteroatoms. The lowest BCUT2D eigenvalue weighted by Gasteiger charge is -2.14. The van der Waals surface area contributed by atoms with E-state index in [2.05, 4.69) is 73.7 Å². The lowest BCUT2D eigenvalue weighted by molar-refractivity contribution is 0.984. The van der Waals surface area contributed by atoms with E-state index in [9.17, 15) is 0 Å². The van der Waals surface area contributed by atoms with Crippen LogP contribution in [0.1, 0.15) is 29.5 Å². The highest BCUT2D eigenvalue weighted by atomic mass is 14.4. The summed E-state index contributed by atoms with van der Waals surface area (Å²) in [6, 6.07) is 6.68. The van der Waals surface area contributed by atoms with Crippen LogP contribution in [0.25, 0.3) is 11.1 Å². The Kier molecular flexibility index (Phi) is 3.03. The first-order valence-electron chi connectivity index (χ1n) is 7.87. The van der Waals surface area contributed by atoms with Crippen LogP contribution >= 0.6 is 0 Å². The highest BCUT2D eigenvalue weighted by Gasteiger charge is 2.35. The van der Waals surface area contributed by atoms with E-state index >= 15 is 0 Å². The molecule has 0 heterocycles. The van der Waals surface area contributed by atoms with Gasteiger partial charge in [0.25, 0.3) is 0 Å². The second-order valence-corrected chi connectivity index (χ2v) is 6.21. The summed E-state index contributed by atoms with van der Waals surface area (Å²) in [4.78, 5) is 0. The van der Waals surface area contributed by atoms with Crippen molar-refractivity contribution in [1.82, 2.24) is 0 Å². The molecular formula is C21H20. The molecule has 0 N–H and O–H groups in total. The first-order valence-corrected chi connectivity index (χ1v) is 7.87. The fourth-order valence-electron chi connectivity index (χ4n) is 3.36. The van der Waals surface area contributed by atoms with Crippen LogP contribution in [0.4, 0.5) is 0 Å². The molecule has 4 rings (SSSR count). The van der Waals surface area contributed by atoms with Gasteiger partial charge in [0.1, 0.15) is 0 Å². The maximum absolute atomic E-state index is 2.47. The van der Waals surface area contributed by atoms with Crippen molar-refractivity contribution in [2.24, 2.45) is 11.8 Å². The Labute approximate surface area is 126 Å². The molecule has 0 bridgehead atoms. The number of rotatable bonds is 2. The van der Waals surface area contributed by atoms with Gasteiger partial charge in [-0.3, -0.25) is 0 Å². The monoisotopic (exact) mass is 272 g/mol. The van der Waals surface area contributed by atoms with Crippen LogP contribution in [0.5, 0.6) is 0 Å². The third-order valence-corrected chi connectivity index (χ3v) is 4.75. The van der Waals surface area contributed by atoms with Crippen LogP contribution in [0.3, 0.4) is 0 Å². The van der Waals surface area contributed by atoms with Gasteiger partial charge in [-0.25, -0.2) is 0 Å². The van der Waals surface area contributed by atoms with Crippen LogP contribution in [-0.4, -0.2) is 0 Å². The highest BCUT2D eigenvalue weighted by Crippen LogP contribution is 2.46. The Hall–Kier alpha value is -2.08. The summed E-state index contributed by atoms with van der Waals surface area (Å²) in [5.41, 5.74) is 6.84. The Morgan fingerprint density at radius 1 is 0.952 bits per heavy atom. The molecular weight excluding hydrogens is 252 g/mol. The van der Waals surface area contributed by atoms with E-state index in [1.807, 2.05) is 0 Å². The predicted octanol–water partition coefficient (Wildman–Crippen LogP) is 5.48. The van der Waals surface area contributed by atoms with Crippen LogP contribution in [0, 0.1) is 18.8 Å². The van der Waals surface area contributed by atoms with E-state index in [1.54, 1.807) is 0 Å². The molecule has 2 atom stereocenters. The van der Waals surface area contributed by atoms with Crippen molar-refractivity contribution in [3.63, 3.8) is 0 Å². The van der Waals surface area contributed by atoms with Crippen LogP contribution in [0.15, 0.2) is 66.8 Å². The average molecular weight is 272 g/mol. The van der Waals surface area contributed by atoms with Gasteiger partial charge in [0.05, 0.1) is 0 Å². The Balaban J connectivity index is 1.77. The lowest BCUT2D eigenvalue weighted by Crippen LogP contribution is -1.95. The number of hydrogen-bond donors (Lipinski definition) is 0.